The Hall–Kier alpha value is -7.06. The molecule has 94 heavy (non-hydrogen) atoms. The van der Waals surface area contributed by atoms with E-state index in [2.05, 4.69) is 20.8 Å². The SMILES string of the molecule is CCCC1CCC(C2CCC(c3ccc(-c4cc(F)c(C)c(F)c4)c(F)c3)CC2)OC1.CCCC1CCC(c2ccc(-c3cc(F)c(-c4cc(F)c(C)c(F)c4)c(F)c3)cc2)OC1.CCCC1CCC(c2ccc(-c3ccc(-c4cc(F)c(C)c(F)c4)c(F)c3)cc2)OC1. The summed E-state index contributed by atoms with van der Waals surface area (Å²) in [6.45, 7) is 13.1. The normalized spacial score (nSPS) is 21.4. The predicted molar refractivity (Wildman–Crippen MR) is 355 cm³/mol. The molecule has 6 unspecified atom stereocenters. The molecule has 498 valence electrons. The van der Waals surface area contributed by atoms with Crippen molar-refractivity contribution in [3.8, 4) is 55.6 Å². The van der Waals surface area contributed by atoms with Gasteiger partial charge in [-0.15, -0.1) is 0 Å². The highest BCUT2D eigenvalue weighted by Crippen LogP contribution is 2.43. The van der Waals surface area contributed by atoms with Crippen molar-refractivity contribution in [2.45, 2.75) is 169 Å². The summed E-state index contributed by atoms with van der Waals surface area (Å²) in [5.74, 6) is -4.05. The van der Waals surface area contributed by atoms with Gasteiger partial charge in [-0.2, -0.15) is 0 Å². The number of hydrogen-bond donors (Lipinski definition) is 0. The maximum atomic E-state index is 14.9. The maximum Gasteiger partial charge on any atom is 0.134 e. The zero-order chi connectivity index (χ0) is 66.7. The van der Waals surface area contributed by atoms with Crippen molar-refractivity contribution in [3.63, 3.8) is 0 Å². The van der Waals surface area contributed by atoms with Gasteiger partial charge < -0.3 is 14.2 Å². The van der Waals surface area contributed by atoms with Crippen molar-refractivity contribution in [3.05, 3.63) is 225 Å². The van der Waals surface area contributed by atoms with Crippen molar-refractivity contribution in [2.75, 3.05) is 19.8 Å². The van der Waals surface area contributed by atoms with Gasteiger partial charge in [-0.1, -0.05) is 113 Å². The summed E-state index contributed by atoms with van der Waals surface area (Å²) in [6.07, 6.45) is 18.9. The van der Waals surface area contributed by atoms with E-state index in [4.69, 9.17) is 14.2 Å². The number of ether oxygens (including phenoxy) is 3. The summed E-state index contributed by atoms with van der Waals surface area (Å²) in [4.78, 5) is 0. The van der Waals surface area contributed by atoms with Crippen LogP contribution < -0.4 is 0 Å². The Morgan fingerprint density at radius 2 is 0.660 bits per heavy atom. The van der Waals surface area contributed by atoms with E-state index in [0.29, 0.717) is 46.5 Å². The van der Waals surface area contributed by atoms with Gasteiger partial charge in [0.1, 0.15) is 58.2 Å². The highest BCUT2D eigenvalue weighted by Gasteiger charge is 2.33. The van der Waals surface area contributed by atoms with Gasteiger partial charge in [0.25, 0.3) is 0 Å². The van der Waals surface area contributed by atoms with Crippen LogP contribution >= 0.6 is 0 Å². The Kier molecular flexibility index (Phi) is 23.8. The van der Waals surface area contributed by atoms with E-state index in [1.807, 2.05) is 54.6 Å². The molecule has 0 N–H and O–H groups in total. The Labute approximate surface area is 548 Å². The average Bonchev–Trinajstić information content (AvgIpc) is 0.832. The fourth-order valence-electron chi connectivity index (χ4n) is 14.2. The molecule has 0 radical (unpaired) electrons. The first kappa shape index (κ1) is 69.8. The van der Waals surface area contributed by atoms with Gasteiger partial charge >= 0.3 is 0 Å². The fraction of sp³-hybridized carbons (Fsp3) is 0.407. The third-order valence-electron chi connectivity index (χ3n) is 20.0. The minimum Gasteiger partial charge on any atom is -0.378 e. The van der Waals surface area contributed by atoms with Gasteiger partial charge in [0.05, 0.1) is 37.1 Å². The van der Waals surface area contributed by atoms with Gasteiger partial charge in [0.15, 0.2) is 0 Å². The first-order valence-corrected chi connectivity index (χ1v) is 33.8. The second kappa shape index (κ2) is 32.1. The molecule has 4 aliphatic rings. The molecule has 3 aliphatic heterocycles. The van der Waals surface area contributed by atoms with Crippen LogP contribution in [0.5, 0.6) is 0 Å². The average molecular weight is 1300 g/mol. The maximum absolute atomic E-state index is 14.9. The van der Waals surface area contributed by atoms with Crippen LogP contribution in [0.15, 0.2) is 133 Å². The van der Waals surface area contributed by atoms with Crippen LogP contribution in [0.4, 0.5) is 43.9 Å². The summed E-state index contributed by atoms with van der Waals surface area (Å²) in [6, 6.07) is 34.4. The number of rotatable bonds is 15. The molecule has 12 rings (SSSR count). The quantitative estimate of drug-likeness (QED) is 0.0958. The van der Waals surface area contributed by atoms with Gasteiger partial charge in [-0.3, -0.25) is 0 Å². The van der Waals surface area contributed by atoms with Crippen molar-refractivity contribution in [1.29, 1.82) is 0 Å². The van der Waals surface area contributed by atoms with Gasteiger partial charge in [0.2, 0.25) is 0 Å². The monoisotopic (exact) mass is 1300 g/mol. The second-order valence-corrected chi connectivity index (χ2v) is 26.5. The van der Waals surface area contributed by atoms with E-state index in [-0.39, 0.29) is 56.7 Å². The summed E-state index contributed by atoms with van der Waals surface area (Å²) in [7, 11) is 0. The van der Waals surface area contributed by atoms with Gasteiger partial charge in [-0.25, -0.2) is 43.9 Å². The van der Waals surface area contributed by atoms with Crippen LogP contribution in [-0.4, -0.2) is 25.9 Å². The molecule has 6 atom stereocenters. The Balaban J connectivity index is 0.000000154. The van der Waals surface area contributed by atoms with Gasteiger partial charge in [0, 0.05) is 34.4 Å². The number of hydrogen-bond acceptors (Lipinski definition) is 3. The van der Waals surface area contributed by atoms with Crippen molar-refractivity contribution in [1.82, 2.24) is 0 Å². The lowest BCUT2D eigenvalue weighted by Gasteiger charge is -2.38. The summed E-state index contributed by atoms with van der Waals surface area (Å²) in [5, 5.41) is 0. The molecular weight excluding hydrogens is 1210 g/mol. The topological polar surface area (TPSA) is 27.7 Å². The molecule has 13 heteroatoms. The first-order chi connectivity index (χ1) is 45.3. The van der Waals surface area contributed by atoms with E-state index in [0.717, 1.165) is 111 Å². The van der Waals surface area contributed by atoms with Crippen LogP contribution in [0, 0.1) is 103 Å². The van der Waals surface area contributed by atoms with Crippen LogP contribution in [-0.2, 0) is 14.2 Å². The van der Waals surface area contributed by atoms with Crippen molar-refractivity contribution in [2.24, 2.45) is 23.7 Å². The fourth-order valence-corrected chi connectivity index (χ4v) is 14.2. The lowest BCUT2D eigenvalue weighted by Crippen LogP contribution is -2.34. The van der Waals surface area contributed by atoms with Gasteiger partial charge in [-0.05, 0) is 250 Å². The molecule has 0 aromatic heterocycles. The molecular formula is C81H86F10O3. The number of halogens is 10. The van der Waals surface area contributed by atoms with Crippen molar-refractivity contribution >= 4 is 0 Å². The Bertz CT molecular complexity index is 3740. The van der Waals surface area contributed by atoms with Crippen LogP contribution in [0.25, 0.3) is 55.6 Å². The lowest BCUT2D eigenvalue weighted by atomic mass is 9.75. The molecule has 8 aromatic rings. The molecule has 8 aromatic carbocycles. The molecule has 4 fully saturated rings. The third kappa shape index (κ3) is 16.9. The second-order valence-electron chi connectivity index (χ2n) is 26.5. The highest BCUT2D eigenvalue weighted by molar-refractivity contribution is 5.74. The minimum absolute atomic E-state index is 0.0411. The smallest absolute Gasteiger partial charge is 0.134 e. The molecule has 1 saturated carbocycles. The zero-order valence-corrected chi connectivity index (χ0v) is 54.8. The van der Waals surface area contributed by atoms with E-state index in [1.165, 1.54) is 115 Å². The summed E-state index contributed by atoms with van der Waals surface area (Å²) in [5.41, 5.74) is 5.73. The minimum atomic E-state index is -0.871. The van der Waals surface area contributed by atoms with E-state index >= 15 is 0 Å². The summed E-state index contributed by atoms with van der Waals surface area (Å²) < 4.78 is 161. The van der Waals surface area contributed by atoms with Crippen LogP contribution in [0.1, 0.15) is 175 Å². The van der Waals surface area contributed by atoms with E-state index in [9.17, 15) is 43.9 Å². The van der Waals surface area contributed by atoms with Crippen LogP contribution in [0.3, 0.4) is 0 Å². The number of benzene rings is 8. The molecule has 3 saturated heterocycles. The standard InChI is InChI=1S/C27H26F4O.C27H33F3O.C27H27F3O/c1-3-4-17-5-10-26(32-15-17)19-8-6-18(7-9-19)20-11-24(30)27(25(31)12-20)21-13-22(28)16(2)23(29)14-21;2*1-3-4-18-5-12-27(31-16-18)20-8-6-19(7-9-20)21-10-11-23(26(30)13-21)22-14-24(28)17(2)25(29)15-22/h6-9,11-14,17,26H,3-5,10,15H2,1-2H3;10-11,13-15,18-20,27H,3-9,12,16H2,1-2H3;6-11,13-15,18,27H,3-5,12,16H2,1-2H3. The molecule has 0 amide bonds. The van der Waals surface area contributed by atoms with Crippen molar-refractivity contribution < 1.29 is 58.1 Å². The van der Waals surface area contributed by atoms with E-state index < -0.39 is 63.7 Å². The molecule has 3 heterocycles. The predicted octanol–water partition coefficient (Wildman–Crippen LogP) is 24.1. The van der Waals surface area contributed by atoms with Crippen LogP contribution in [0.2, 0.25) is 0 Å². The Morgan fingerprint density at radius 3 is 1.04 bits per heavy atom. The third-order valence-corrected chi connectivity index (χ3v) is 20.0. The first-order valence-electron chi connectivity index (χ1n) is 33.8. The van der Waals surface area contributed by atoms with E-state index in [1.54, 1.807) is 24.3 Å². The molecule has 0 spiro atoms. The molecule has 3 nitrogen and oxygen atoms in total. The molecule has 0 bridgehead atoms. The highest BCUT2D eigenvalue weighted by atomic mass is 19.2. The lowest BCUT2D eigenvalue weighted by molar-refractivity contribution is -0.0575. The molecule has 1 aliphatic carbocycles. The largest absolute Gasteiger partial charge is 0.378 e. The Morgan fingerprint density at radius 1 is 0.309 bits per heavy atom. The summed E-state index contributed by atoms with van der Waals surface area (Å²) >= 11 is 0. The zero-order valence-electron chi connectivity index (χ0n) is 54.8.